The molecular formula is C16H24N2O3. The van der Waals surface area contributed by atoms with E-state index in [1.807, 2.05) is 13.0 Å². The Kier molecular flexibility index (Phi) is 6.72. The number of nitrogens with zero attached hydrogens (tertiary/aromatic N) is 1. The van der Waals surface area contributed by atoms with Crippen molar-refractivity contribution in [2.75, 3.05) is 13.6 Å². The molecule has 2 amide bonds. The maximum atomic E-state index is 11.9. The van der Waals surface area contributed by atoms with Crippen LogP contribution in [0.4, 0.5) is 4.79 Å². The molecule has 0 spiro atoms. The van der Waals surface area contributed by atoms with Crippen molar-refractivity contribution in [3.05, 3.63) is 35.4 Å². The average molecular weight is 292 g/mol. The lowest BCUT2D eigenvalue weighted by atomic mass is 10.1. The Labute approximate surface area is 126 Å². The Morgan fingerprint density at radius 2 is 2.10 bits per heavy atom. The van der Waals surface area contributed by atoms with Gasteiger partial charge in [-0.25, -0.2) is 9.59 Å². The van der Waals surface area contributed by atoms with Crippen LogP contribution in [0.2, 0.25) is 0 Å². The molecule has 0 saturated carbocycles. The van der Waals surface area contributed by atoms with E-state index in [4.69, 9.17) is 5.11 Å². The molecule has 5 heteroatoms. The van der Waals surface area contributed by atoms with Crippen LogP contribution in [0.5, 0.6) is 0 Å². The minimum atomic E-state index is -0.936. The zero-order valence-electron chi connectivity index (χ0n) is 12.9. The summed E-state index contributed by atoms with van der Waals surface area (Å²) in [7, 11) is 1.79. The van der Waals surface area contributed by atoms with E-state index in [0.29, 0.717) is 13.0 Å². The molecule has 1 atom stereocenters. The second-order valence-electron chi connectivity index (χ2n) is 5.24. The van der Waals surface area contributed by atoms with Crippen LogP contribution in [-0.2, 0) is 6.42 Å². The van der Waals surface area contributed by atoms with Crippen molar-refractivity contribution in [3.63, 3.8) is 0 Å². The number of hydrogen-bond acceptors (Lipinski definition) is 2. The van der Waals surface area contributed by atoms with Crippen molar-refractivity contribution in [1.29, 1.82) is 0 Å². The van der Waals surface area contributed by atoms with Gasteiger partial charge in [-0.2, -0.15) is 0 Å². The third-order valence-corrected chi connectivity index (χ3v) is 3.55. The minimum Gasteiger partial charge on any atom is -0.478 e. The van der Waals surface area contributed by atoms with Crippen LogP contribution in [0.25, 0.3) is 0 Å². The molecule has 1 unspecified atom stereocenters. The van der Waals surface area contributed by atoms with Crippen molar-refractivity contribution in [1.82, 2.24) is 10.2 Å². The van der Waals surface area contributed by atoms with Crippen LogP contribution in [-0.4, -0.2) is 41.6 Å². The molecule has 0 aliphatic heterocycles. The number of amides is 2. The molecule has 21 heavy (non-hydrogen) atoms. The van der Waals surface area contributed by atoms with Gasteiger partial charge in [0.05, 0.1) is 5.56 Å². The molecule has 0 saturated heterocycles. The molecule has 2 N–H and O–H groups in total. The van der Waals surface area contributed by atoms with E-state index in [9.17, 15) is 9.59 Å². The predicted molar refractivity (Wildman–Crippen MR) is 82.6 cm³/mol. The number of nitrogens with one attached hydrogen (secondary N) is 1. The first kappa shape index (κ1) is 17.0. The summed E-state index contributed by atoms with van der Waals surface area (Å²) >= 11 is 0. The summed E-state index contributed by atoms with van der Waals surface area (Å²) in [6, 6.07) is 6.90. The molecule has 0 heterocycles. The molecule has 0 aliphatic carbocycles. The number of benzene rings is 1. The van der Waals surface area contributed by atoms with Gasteiger partial charge in [0, 0.05) is 19.6 Å². The summed E-state index contributed by atoms with van der Waals surface area (Å²) in [5.74, 6) is -0.936. The van der Waals surface area contributed by atoms with Crippen molar-refractivity contribution >= 4 is 12.0 Å². The van der Waals surface area contributed by atoms with Crippen LogP contribution >= 0.6 is 0 Å². The average Bonchev–Trinajstić information content (AvgIpc) is 2.46. The van der Waals surface area contributed by atoms with Crippen LogP contribution in [0.3, 0.4) is 0 Å². The van der Waals surface area contributed by atoms with E-state index in [2.05, 4.69) is 12.2 Å². The number of carbonyl (C=O) groups is 2. The molecule has 0 aliphatic rings. The molecular weight excluding hydrogens is 268 g/mol. The Morgan fingerprint density at radius 1 is 1.38 bits per heavy atom. The third-order valence-electron chi connectivity index (χ3n) is 3.55. The highest BCUT2D eigenvalue weighted by atomic mass is 16.4. The molecule has 5 nitrogen and oxygen atoms in total. The number of carboxylic acid groups (broad SMARTS) is 1. The van der Waals surface area contributed by atoms with Gasteiger partial charge in [-0.15, -0.1) is 0 Å². The Hall–Kier alpha value is -2.04. The van der Waals surface area contributed by atoms with E-state index < -0.39 is 5.97 Å². The number of aromatic carboxylic acids is 1. The highest BCUT2D eigenvalue weighted by Gasteiger charge is 2.14. The molecule has 0 radical (unpaired) electrons. The van der Waals surface area contributed by atoms with E-state index in [1.165, 1.54) is 0 Å². The molecule has 1 rings (SSSR count). The quantitative estimate of drug-likeness (QED) is 0.812. The van der Waals surface area contributed by atoms with Gasteiger partial charge in [0.25, 0.3) is 0 Å². The topological polar surface area (TPSA) is 69.6 Å². The summed E-state index contributed by atoms with van der Waals surface area (Å²) in [4.78, 5) is 24.5. The van der Waals surface area contributed by atoms with Gasteiger partial charge in [-0.1, -0.05) is 25.5 Å². The molecule has 0 aromatic heterocycles. The summed E-state index contributed by atoms with van der Waals surface area (Å²) in [6.45, 7) is 4.61. The molecule has 116 valence electrons. The van der Waals surface area contributed by atoms with Gasteiger partial charge in [0.1, 0.15) is 0 Å². The van der Waals surface area contributed by atoms with Gasteiger partial charge >= 0.3 is 12.0 Å². The fourth-order valence-electron chi connectivity index (χ4n) is 2.11. The predicted octanol–water partition coefficient (Wildman–Crippen LogP) is 2.76. The first-order chi connectivity index (χ1) is 9.95. The maximum absolute atomic E-state index is 11.9. The van der Waals surface area contributed by atoms with E-state index in [-0.39, 0.29) is 17.6 Å². The fourth-order valence-corrected chi connectivity index (χ4v) is 2.11. The number of urea groups is 1. The highest BCUT2D eigenvalue weighted by molar-refractivity contribution is 5.87. The van der Waals surface area contributed by atoms with Crippen LogP contribution < -0.4 is 5.32 Å². The van der Waals surface area contributed by atoms with E-state index in [1.54, 1.807) is 30.1 Å². The monoisotopic (exact) mass is 292 g/mol. The Balaban J connectivity index is 2.44. The lowest BCUT2D eigenvalue weighted by Gasteiger charge is -2.24. The number of hydrogen-bond donors (Lipinski definition) is 2. The minimum absolute atomic E-state index is 0.0923. The van der Waals surface area contributed by atoms with Crippen LogP contribution in [0.15, 0.2) is 24.3 Å². The summed E-state index contributed by atoms with van der Waals surface area (Å²) in [5, 5.41) is 11.8. The second-order valence-corrected chi connectivity index (χ2v) is 5.24. The van der Waals surface area contributed by atoms with Crippen molar-refractivity contribution in [2.24, 2.45) is 0 Å². The molecule has 1 aromatic rings. The Morgan fingerprint density at radius 3 is 2.71 bits per heavy atom. The normalized spacial score (nSPS) is 11.8. The first-order valence-electron chi connectivity index (χ1n) is 7.28. The van der Waals surface area contributed by atoms with Crippen molar-refractivity contribution < 1.29 is 14.7 Å². The summed E-state index contributed by atoms with van der Waals surface area (Å²) in [5.41, 5.74) is 1.17. The maximum Gasteiger partial charge on any atom is 0.335 e. The highest BCUT2D eigenvalue weighted by Crippen LogP contribution is 2.06. The zero-order chi connectivity index (χ0) is 15.8. The number of carboxylic acids is 1. The SMILES string of the molecule is CCCC(C)N(C)C(=O)NCCc1cccc(C(=O)O)c1. The summed E-state index contributed by atoms with van der Waals surface area (Å²) in [6.07, 6.45) is 2.63. The van der Waals surface area contributed by atoms with E-state index in [0.717, 1.165) is 18.4 Å². The van der Waals surface area contributed by atoms with Crippen molar-refractivity contribution in [3.8, 4) is 0 Å². The smallest absolute Gasteiger partial charge is 0.335 e. The second kappa shape index (κ2) is 8.29. The standard InChI is InChI=1S/C16H24N2O3/c1-4-6-12(2)18(3)16(21)17-10-9-13-7-5-8-14(11-13)15(19)20/h5,7-8,11-12H,4,6,9-10H2,1-3H3,(H,17,21)(H,19,20). The van der Waals surface area contributed by atoms with E-state index >= 15 is 0 Å². The fraction of sp³-hybridized carbons (Fsp3) is 0.500. The largest absolute Gasteiger partial charge is 0.478 e. The van der Waals surface area contributed by atoms with Gasteiger partial charge in [0.15, 0.2) is 0 Å². The van der Waals surface area contributed by atoms with Crippen LogP contribution in [0.1, 0.15) is 42.6 Å². The summed E-state index contributed by atoms with van der Waals surface area (Å²) < 4.78 is 0. The van der Waals surface area contributed by atoms with Crippen LogP contribution in [0, 0.1) is 0 Å². The molecule has 1 aromatic carbocycles. The molecule has 0 fully saturated rings. The lowest BCUT2D eigenvalue weighted by Crippen LogP contribution is -2.42. The van der Waals surface area contributed by atoms with Gasteiger partial charge in [-0.05, 0) is 37.5 Å². The number of rotatable bonds is 7. The number of carbonyl (C=O) groups excluding carboxylic acids is 1. The van der Waals surface area contributed by atoms with Gasteiger partial charge in [-0.3, -0.25) is 0 Å². The zero-order valence-corrected chi connectivity index (χ0v) is 12.9. The molecule has 0 bridgehead atoms. The van der Waals surface area contributed by atoms with Crippen molar-refractivity contribution in [2.45, 2.75) is 39.2 Å². The first-order valence-corrected chi connectivity index (χ1v) is 7.28. The Bertz CT molecular complexity index is 488. The third kappa shape index (κ3) is 5.45. The van der Waals surface area contributed by atoms with Gasteiger partial charge < -0.3 is 15.3 Å². The van der Waals surface area contributed by atoms with Gasteiger partial charge in [0.2, 0.25) is 0 Å². The lowest BCUT2D eigenvalue weighted by molar-refractivity contribution is 0.0696.